The van der Waals surface area contributed by atoms with Gasteiger partial charge in [-0.15, -0.1) is 0 Å². The van der Waals surface area contributed by atoms with Crippen LogP contribution in [-0.4, -0.2) is 15.1 Å². The van der Waals surface area contributed by atoms with E-state index in [-0.39, 0.29) is 11.7 Å². The number of nitrogens with zero attached hydrogens (tertiary/aromatic N) is 2. The van der Waals surface area contributed by atoms with E-state index in [1.807, 2.05) is 30.3 Å². The van der Waals surface area contributed by atoms with Gasteiger partial charge in [0.05, 0.1) is 16.8 Å². The Balaban J connectivity index is 1.95. The molecule has 0 aliphatic heterocycles. The topological polar surface area (TPSA) is 102 Å². The SMILES string of the molecule is Cc1cc(=O)oc2ccc(-c3cc(-c4ccccc4)nc(N)n3)c(O)c12. The van der Waals surface area contributed by atoms with Crippen LogP contribution in [0.4, 0.5) is 5.95 Å². The molecule has 4 rings (SSSR count). The van der Waals surface area contributed by atoms with Gasteiger partial charge in [-0.2, -0.15) is 0 Å². The second kappa shape index (κ2) is 6.00. The van der Waals surface area contributed by atoms with Crippen LogP contribution in [0, 0.1) is 6.92 Å². The Morgan fingerprint density at radius 3 is 2.50 bits per heavy atom. The molecule has 6 nitrogen and oxygen atoms in total. The maximum Gasteiger partial charge on any atom is 0.336 e. The van der Waals surface area contributed by atoms with Crippen molar-refractivity contribution in [2.75, 3.05) is 5.73 Å². The average Bonchev–Trinajstić information content (AvgIpc) is 2.61. The Labute approximate surface area is 148 Å². The summed E-state index contributed by atoms with van der Waals surface area (Å²) in [6.07, 6.45) is 0. The van der Waals surface area contributed by atoms with Gasteiger partial charge in [0.25, 0.3) is 0 Å². The van der Waals surface area contributed by atoms with Gasteiger partial charge in [0.2, 0.25) is 5.95 Å². The zero-order valence-corrected chi connectivity index (χ0v) is 13.9. The van der Waals surface area contributed by atoms with Gasteiger partial charge >= 0.3 is 5.63 Å². The molecular weight excluding hydrogens is 330 g/mol. The van der Waals surface area contributed by atoms with Crippen molar-refractivity contribution >= 4 is 16.9 Å². The molecule has 2 heterocycles. The van der Waals surface area contributed by atoms with E-state index in [4.69, 9.17) is 10.2 Å². The van der Waals surface area contributed by atoms with Gasteiger partial charge in [-0.1, -0.05) is 30.3 Å². The van der Waals surface area contributed by atoms with E-state index in [9.17, 15) is 9.90 Å². The van der Waals surface area contributed by atoms with Crippen molar-refractivity contribution < 1.29 is 9.52 Å². The largest absolute Gasteiger partial charge is 0.506 e. The van der Waals surface area contributed by atoms with Gasteiger partial charge in [-0.3, -0.25) is 0 Å². The highest BCUT2D eigenvalue weighted by atomic mass is 16.4. The van der Waals surface area contributed by atoms with Crippen LogP contribution in [0.25, 0.3) is 33.5 Å². The van der Waals surface area contributed by atoms with E-state index >= 15 is 0 Å². The number of anilines is 1. The fraction of sp³-hybridized carbons (Fsp3) is 0.0500. The van der Waals surface area contributed by atoms with Crippen LogP contribution >= 0.6 is 0 Å². The predicted molar refractivity (Wildman–Crippen MR) is 99.8 cm³/mol. The van der Waals surface area contributed by atoms with Gasteiger partial charge in [0.1, 0.15) is 11.3 Å². The minimum Gasteiger partial charge on any atom is -0.506 e. The molecule has 0 saturated carbocycles. The normalized spacial score (nSPS) is 11.0. The van der Waals surface area contributed by atoms with Crippen LogP contribution in [0.2, 0.25) is 0 Å². The lowest BCUT2D eigenvalue weighted by atomic mass is 10.0. The second-order valence-electron chi connectivity index (χ2n) is 5.95. The molecule has 0 fully saturated rings. The summed E-state index contributed by atoms with van der Waals surface area (Å²) in [6, 6.07) is 16.0. The van der Waals surface area contributed by atoms with Crippen molar-refractivity contribution in [2.45, 2.75) is 6.92 Å². The maximum atomic E-state index is 11.5. The summed E-state index contributed by atoms with van der Waals surface area (Å²) in [4.78, 5) is 20.1. The molecule has 0 amide bonds. The molecule has 128 valence electrons. The number of aromatic nitrogens is 2. The number of hydrogen-bond acceptors (Lipinski definition) is 6. The Kier molecular flexibility index (Phi) is 3.65. The number of fused-ring (bicyclic) bond motifs is 1. The predicted octanol–water partition coefficient (Wildman–Crippen LogP) is 3.51. The number of aromatic hydroxyl groups is 1. The number of aryl methyl sites for hydroxylation is 1. The monoisotopic (exact) mass is 345 g/mol. The highest BCUT2D eigenvalue weighted by Crippen LogP contribution is 2.37. The van der Waals surface area contributed by atoms with Gasteiger partial charge in [0, 0.05) is 17.2 Å². The average molecular weight is 345 g/mol. The lowest BCUT2D eigenvalue weighted by Crippen LogP contribution is -2.00. The van der Waals surface area contributed by atoms with Gasteiger partial charge in [0.15, 0.2) is 0 Å². The van der Waals surface area contributed by atoms with Crippen molar-refractivity contribution in [3.05, 3.63) is 70.6 Å². The van der Waals surface area contributed by atoms with Crippen molar-refractivity contribution in [3.63, 3.8) is 0 Å². The highest BCUT2D eigenvalue weighted by molar-refractivity contribution is 5.93. The third kappa shape index (κ3) is 2.67. The van der Waals surface area contributed by atoms with Crippen molar-refractivity contribution in [2.24, 2.45) is 0 Å². The van der Waals surface area contributed by atoms with Crippen molar-refractivity contribution in [1.82, 2.24) is 9.97 Å². The molecule has 2 aromatic heterocycles. The first-order valence-corrected chi connectivity index (χ1v) is 8.00. The number of rotatable bonds is 2. The number of phenolic OH excluding ortho intramolecular Hbond substituents is 1. The van der Waals surface area contributed by atoms with Crippen LogP contribution in [0.15, 0.2) is 63.8 Å². The van der Waals surface area contributed by atoms with Gasteiger partial charge in [-0.25, -0.2) is 14.8 Å². The number of hydrogen-bond donors (Lipinski definition) is 2. The third-order valence-electron chi connectivity index (χ3n) is 4.17. The fourth-order valence-corrected chi connectivity index (χ4v) is 2.99. The molecule has 0 aliphatic carbocycles. The van der Waals surface area contributed by atoms with Crippen LogP contribution in [-0.2, 0) is 0 Å². The number of nitrogen functional groups attached to an aromatic ring is 1. The molecule has 2 aromatic carbocycles. The van der Waals surface area contributed by atoms with Crippen LogP contribution in [0.1, 0.15) is 5.56 Å². The van der Waals surface area contributed by atoms with Crippen LogP contribution in [0.5, 0.6) is 5.75 Å². The maximum absolute atomic E-state index is 11.5. The number of nitrogens with two attached hydrogens (primary N) is 1. The summed E-state index contributed by atoms with van der Waals surface area (Å²) >= 11 is 0. The highest BCUT2D eigenvalue weighted by Gasteiger charge is 2.15. The van der Waals surface area contributed by atoms with E-state index in [0.717, 1.165) is 5.56 Å². The van der Waals surface area contributed by atoms with Crippen molar-refractivity contribution in [3.8, 4) is 28.3 Å². The zero-order chi connectivity index (χ0) is 18.3. The molecule has 0 bridgehead atoms. The number of benzene rings is 2. The first-order valence-electron chi connectivity index (χ1n) is 8.00. The Bertz CT molecular complexity index is 1180. The molecule has 3 N–H and O–H groups in total. The molecule has 0 atom stereocenters. The van der Waals surface area contributed by atoms with E-state index in [0.29, 0.717) is 33.5 Å². The minimum atomic E-state index is -0.459. The Morgan fingerprint density at radius 1 is 1.00 bits per heavy atom. The Morgan fingerprint density at radius 2 is 1.73 bits per heavy atom. The molecule has 6 heteroatoms. The first-order chi connectivity index (χ1) is 12.5. The van der Waals surface area contributed by atoms with Gasteiger partial charge in [-0.05, 0) is 30.7 Å². The summed E-state index contributed by atoms with van der Waals surface area (Å²) in [5, 5.41) is 11.2. The van der Waals surface area contributed by atoms with Gasteiger partial charge < -0.3 is 15.3 Å². The molecule has 4 aromatic rings. The lowest BCUT2D eigenvalue weighted by molar-refractivity contribution is 0.480. The number of phenols is 1. The summed E-state index contributed by atoms with van der Waals surface area (Å²) in [7, 11) is 0. The second-order valence-corrected chi connectivity index (χ2v) is 5.95. The van der Waals surface area contributed by atoms with Crippen molar-refractivity contribution in [1.29, 1.82) is 0 Å². The quantitative estimate of drug-likeness (QED) is 0.539. The van der Waals surface area contributed by atoms with E-state index < -0.39 is 5.63 Å². The van der Waals surface area contributed by atoms with E-state index in [2.05, 4.69) is 9.97 Å². The summed E-state index contributed by atoms with van der Waals surface area (Å²) in [5.41, 5.74) is 8.90. The standard InChI is InChI=1S/C20H15N3O3/c1-11-9-17(24)26-16-8-7-13(19(25)18(11)16)15-10-14(22-20(21)23-15)12-5-3-2-4-6-12/h2-10,25H,1H3,(H2,21,22,23). The Hall–Kier alpha value is -3.67. The zero-order valence-electron chi connectivity index (χ0n) is 13.9. The molecule has 0 radical (unpaired) electrons. The molecule has 0 aliphatic rings. The van der Waals surface area contributed by atoms with E-state index in [1.54, 1.807) is 25.1 Å². The van der Waals surface area contributed by atoms with Crippen LogP contribution in [0.3, 0.4) is 0 Å². The van der Waals surface area contributed by atoms with E-state index in [1.165, 1.54) is 6.07 Å². The summed E-state index contributed by atoms with van der Waals surface area (Å²) < 4.78 is 5.16. The minimum absolute atomic E-state index is 0.0131. The first kappa shape index (κ1) is 15.8. The summed E-state index contributed by atoms with van der Waals surface area (Å²) in [5.74, 6) is 0.0954. The lowest BCUT2D eigenvalue weighted by Gasteiger charge is -2.10. The molecule has 0 saturated heterocycles. The molecule has 26 heavy (non-hydrogen) atoms. The third-order valence-corrected chi connectivity index (χ3v) is 4.17. The molecular formula is C20H15N3O3. The molecule has 0 spiro atoms. The smallest absolute Gasteiger partial charge is 0.336 e. The molecule has 0 unspecified atom stereocenters. The fourth-order valence-electron chi connectivity index (χ4n) is 2.99. The summed E-state index contributed by atoms with van der Waals surface area (Å²) in [6.45, 7) is 1.74. The van der Waals surface area contributed by atoms with Crippen LogP contribution < -0.4 is 11.4 Å².